The van der Waals surface area contributed by atoms with Gasteiger partial charge in [-0.2, -0.15) is 0 Å². The lowest BCUT2D eigenvalue weighted by Crippen LogP contribution is -2.50. The Morgan fingerprint density at radius 1 is 0.902 bits per heavy atom. The van der Waals surface area contributed by atoms with Gasteiger partial charge in [-0.1, -0.05) is 65.7 Å². The molecule has 0 aromatic heterocycles. The minimum Gasteiger partial charge on any atom is -0.355 e. The quantitative estimate of drug-likeness (QED) is 0.257. The van der Waals surface area contributed by atoms with E-state index >= 15 is 0 Å². The van der Waals surface area contributed by atoms with E-state index in [9.17, 15) is 18.0 Å². The summed E-state index contributed by atoms with van der Waals surface area (Å²) < 4.78 is 26.7. The minimum absolute atomic E-state index is 0.0445. The maximum atomic E-state index is 13.8. The molecule has 41 heavy (non-hydrogen) atoms. The number of aryl methyl sites for hydroxylation is 2. The van der Waals surface area contributed by atoms with Gasteiger partial charge in [0.15, 0.2) is 0 Å². The molecule has 7 nitrogen and oxygen atoms in total. The van der Waals surface area contributed by atoms with Crippen LogP contribution < -0.4 is 9.62 Å². The highest BCUT2D eigenvalue weighted by Crippen LogP contribution is 2.25. The van der Waals surface area contributed by atoms with Crippen molar-refractivity contribution in [1.29, 1.82) is 0 Å². The Morgan fingerprint density at radius 3 is 2.15 bits per heavy atom. The molecule has 0 saturated carbocycles. The third kappa shape index (κ3) is 9.48. The average Bonchev–Trinajstić information content (AvgIpc) is 2.90. The molecule has 2 amide bonds. The van der Waals surface area contributed by atoms with Gasteiger partial charge < -0.3 is 10.2 Å². The minimum atomic E-state index is -3.59. The van der Waals surface area contributed by atoms with Crippen LogP contribution in [0.4, 0.5) is 5.69 Å². The van der Waals surface area contributed by atoms with Gasteiger partial charge in [0, 0.05) is 32.5 Å². The van der Waals surface area contributed by atoms with Crippen molar-refractivity contribution in [1.82, 2.24) is 10.2 Å². The zero-order valence-corrected chi connectivity index (χ0v) is 26.2. The number of rotatable bonds is 13. The number of likely N-dealkylation sites (N-methyl/N-ethyl adjacent to an activating group) is 1. The van der Waals surface area contributed by atoms with Crippen LogP contribution in [0.25, 0.3) is 0 Å². The number of hydrogen-bond donors (Lipinski definition) is 1. The molecule has 0 heterocycles. The summed E-state index contributed by atoms with van der Waals surface area (Å²) in [5.74, 6) is -0.533. The first-order chi connectivity index (χ1) is 19.4. The number of halogens is 2. The third-order valence-electron chi connectivity index (χ3n) is 6.61. The normalized spacial score (nSPS) is 12.0. The second-order valence-electron chi connectivity index (χ2n) is 10.2. The van der Waals surface area contributed by atoms with E-state index in [1.165, 1.54) is 4.31 Å². The fourth-order valence-electron chi connectivity index (χ4n) is 4.78. The van der Waals surface area contributed by atoms with Gasteiger partial charge in [0.25, 0.3) is 0 Å². The van der Waals surface area contributed by atoms with Crippen LogP contribution in [-0.4, -0.2) is 50.5 Å². The molecule has 0 saturated heterocycles. The first kappa shape index (κ1) is 32.4. The van der Waals surface area contributed by atoms with Crippen LogP contribution in [0.15, 0.2) is 66.7 Å². The molecule has 0 radical (unpaired) electrons. The number of sulfonamides is 1. The summed E-state index contributed by atoms with van der Waals surface area (Å²) >= 11 is 12.4. The molecule has 0 aliphatic rings. The molecule has 0 spiro atoms. The van der Waals surface area contributed by atoms with Crippen LogP contribution in [0.3, 0.4) is 0 Å². The lowest BCUT2D eigenvalue weighted by Gasteiger charge is -2.32. The van der Waals surface area contributed by atoms with Crippen molar-refractivity contribution in [3.63, 3.8) is 0 Å². The van der Waals surface area contributed by atoms with E-state index < -0.39 is 16.1 Å². The fourth-order valence-corrected chi connectivity index (χ4v) is 6.05. The monoisotopic (exact) mass is 617 g/mol. The van der Waals surface area contributed by atoms with E-state index in [0.717, 1.165) is 28.5 Å². The molecule has 3 aromatic carbocycles. The Balaban J connectivity index is 1.89. The first-order valence-corrected chi connectivity index (χ1v) is 16.1. The standard InChI is InChI=1S/C31H37Cl2N3O4S/c1-5-34-31(38)29(20-24-10-7-6-8-11-24)35(21-25-13-14-27(32)28(33)19-25)30(37)12-9-15-36(41(4,39)40)26-17-22(2)16-23(3)18-26/h6-8,10-11,13-14,16-19,29H,5,9,12,15,20-21H2,1-4H3,(H,34,38). The summed E-state index contributed by atoms with van der Waals surface area (Å²) in [4.78, 5) is 28.7. The van der Waals surface area contributed by atoms with Gasteiger partial charge in [-0.25, -0.2) is 8.42 Å². The molecule has 1 unspecified atom stereocenters. The summed E-state index contributed by atoms with van der Waals surface area (Å²) in [5, 5.41) is 3.61. The van der Waals surface area contributed by atoms with E-state index in [0.29, 0.717) is 28.7 Å². The Bertz CT molecular complexity index is 1450. The van der Waals surface area contributed by atoms with Crippen LogP contribution in [0.2, 0.25) is 10.0 Å². The van der Waals surface area contributed by atoms with Crippen molar-refractivity contribution in [3.05, 3.63) is 99.0 Å². The van der Waals surface area contributed by atoms with Gasteiger partial charge >= 0.3 is 0 Å². The molecular formula is C31H37Cl2N3O4S. The summed E-state index contributed by atoms with van der Waals surface area (Å²) in [6, 6.07) is 19.5. The molecule has 0 aliphatic heterocycles. The number of amides is 2. The Labute approximate surface area is 253 Å². The fraction of sp³-hybridized carbons (Fsp3) is 0.355. The van der Waals surface area contributed by atoms with Crippen LogP contribution in [0, 0.1) is 13.8 Å². The van der Waals surface area contributed by atoms with E-state index in [4.69, 9.17) is 23.2 Å². The molecule has 1 N–H and O–H groups in total. The molecule has 10 heteroatoms. The second-order valence-corrected chi connectivity index (χ2v) is 12.9. The van der Waals surface area contributed by atoms with Gasteiger partial charge in [-0.3, -0.25) is 13.9 Å². The molecule has 0 aliphatic carbocycles. The van der Waals surface area contributed by atoms with Crippen molar-refractivity contribution < 1.29 is 18.0 Å². The van der Waals surface area contributed by atoms with Crippen LogP contribution >= 0.6 is 23.2 Å². The van der Waals surface area contributed by atoms with Gasteiger partial charge in [-0.15, -0.1) is 0 Å². The number of nitrogens with one attached hydrogen (secondary N) is 1. The molecule has 220 valence electrons. The number of anilines is 1. The van der Waals surface area contributed by atoms with E-state index in [-0.39, 0.29) is 37.7 Å². The van der Waals surface area contributed by atoms with Crippen LogP contribution in [-0.2, 0) is 32.6 Å². The van der Waals surface area contributed by atoms with Gasteiger partial charge in [-0.05, 0) is 73.7 Å². The van der Waals surface area contributed by atoms with Crippen molar-refractivity contribution in [2.45, 2.75) is 52.6 Å². The predicted molar refractivity (Wildman–Crippen MR) is 167 cm³/mol. The number of nitrogens with zero attached hydrogens (tertiary/aromatic N) is 2. The SMILES string of the molecule is CCNC(=O)C(Cc1ccccc1)N(Cc1ccc(Cl)c(Cl)c1)C(=O)CCCN(c1cc(C)cc(C)c1)S(C)(=O)=O. The highest BCUT2D eigenvalue weighted by molar-refractivity contribution is 7.92. The molecule has 1 atom stereocenters. The number of carbonyl (C=O) groups excluding carboxylic acids is 2. The molecule has 3 rings (SSSR count). The average molecular weight is 619 g/mol. The van der Waals surface area contributed by atoms with E-state index in [1.807, 2.05) is 69.3 Å². The van der Waals surface area contributed by atoms with Gasteiger partial charge in [0.05, 0.1) is 22.0 Å². The maximum Gasteiger partial charge on any atom is 0.243 e. The highest BCUT2D eigenvalue weighted by Gasteiger charge is 2.30. The molecule has 0 bridgehead atoms. The third-order valence-corrected chi connectivity index (χ3v) is 8.54. The summed E-state index contributed by atoms with van der Waals surface area (Å²) in [5.41, 5.74) is 4.10. The van der Waals surface area contributed by atoms with Crippen LogP contribution in [0.1, 0.15) is 42.0 Å². The maximum absolute atomic E-state index is 13.8. The summed E-state index contributed by atoms with van der Waals surface area (Å²) in [6.07, 6.45) is 1.79. The van der Waals surface area contributed by atoms with Crippen molar-refractivity contribution >= 4 is 50.7 Å². The largest absolute Gasteiger partial charge is 0.355 e. The first-order valence-electron chi connectivity index (χ1n) is 13.5. The number of hydrogen-bond acceptors (Lipinski definition) is 4. The van der Waals surface area contributed by atoms with E-state index in [2.05, 4.69) is 5.32 Å². The van der Waals surface area contributed by atoms with Crippen LogP contribution in [0.5, 0.6) is 0 Å². The van der Waals surface area contributed by atoms with E-state index in [1.54, 1.807) is 23.1 Å². The lowest BCUT2D eigenvalue weighted by molar-refractivity contribution is -0.141. The molecular weight excluding hydrogens is 581 g/mol. The Hall–Kier alpha value is -3.07. The second kappa shape index (κ2) is 14.7. The molecule has 0 fully saturated rings. The summed E-state index contributed by atoms with van der Waals surface area (Å²) in [6.45, 7) is 6.33. The highest BCUT2D eigenvalue weighted by atomic mass is 35.5. The molecule has 3 aromatic rings. The predicted octanol–water partition coefficient (Wildman–Crippen LogP) is 5.93. The smallest absolute Gasteiger partial charge is 0.243 e. The zero-order chi connectivity index (χ0) is 30.2. The van der Waals surface area contributed by atoms with Crippen molar-refractivity contribution in [2.24, 2.45) is 0 Å². The number of carbonyl (C=O) groups is 2. The number of benzene rings is 3. The topological polar surface area (TPSA) is 86.8 Å². The Kier molecular flexibility index (Phi) is 11.6. The lowest BCUT2D eigenvalue weighted by atomic mass is 10.0. The zero-order valence-electron chi connectivity index (χ0n) is 23.9. The van der Waals surface area contributed by atoms with Gasteiger partial charge in [0.1, 0.15) is 6.04 Å². The summed E-state index contributed by atoms with van der Waals surface area (Å²) in [7, 11) is -3.59. The Morgan fingerprint density at radius 2 is 1.56 bits per heavy atom. The van der Waals surface area contributed by atoms with Gasteiger partial charge in [0.2, 0.25) is 21.8 Å². The van der Waals surface area contributed by atoms with Crippen molar-refractivity contribution in [2.75, 3.05) is 23.7 Å². The van der Waals surface area contributed by atoms with Crippen molar-refractivity contribution in [3.8, 4) is 0 Å².